The summed E-state index contributed by atoms with van der Waals surface area (Å²) in [6.07, 6.45) is 8.85. The zero-order chi connectivity index (χ0) is 18.5. The Balaban J connectivity index is 1.52. The predicted molar refractivity (Wildman–Crippen MR) is 95.4 cm³/mol. The average molecular weight is 361 g/mol. The number of hydrogen-bond donors (Lipinski definition) is 1. The number of amides is 2. The first kappa shape index (κ1) is 18.6. The van der Waals surface area contributed by atoms with Crippen LogP contribution in [0.3, 0.4) is 0 Å². The standard InChI is InChI=1S/C19H27N3O4/c1-13-16(20-19(24)17-11-15(12-25-2)26-21-17)8-9-22(13)18(23)10-14-6-4-3-5-7-14/h3-4,11,13-14,16H,5-10,12H2,1-2H3,(H,20,24)/t13-,14?,16+/m0/s1. The quantitative estimate of drug-likeness (QED) is 0.786. The highest BCUT2D eigenvalue weighted by atomic mass is 16.5. The minimum absolute atomic E-state index is 0.0177. The lowest BCUT2D eigenvalue weighted by atomic mass is 9.91. The molecule has 0 radical (unpaired) electrons. The van der Waals surface area contributed by atoms with Crippen LogP contribution in [0.25, 0.3) is 0 Å². The Morgan fingerprint density at radius 2 is 2.23 bits per heavy atom. The molecule has 2 aliphatic rings. The van der Waals surface area contributed by atoms with Gasteiger partial charge in [0.05, 0.1) is 6.04 Å². The number of aromatic nitrogens is 1. The van der Waals surface area contributed by atoms with E-state index in [1.807, 2.05) is 11.8 Å². The summed E-state index contributed by atoms with van der Waals surface area (Å²) < 4.78 is 10.0. The van der Waals surface area contributed by atoms with Gasteiger partial charge in [-0.05, 0) is 38.5 Å². The summed E-state index contributed by atoms with van der Waals surface area (Å²) in [6.45, 7) is 2.95. The highest BCUT2D eigenvalue weighted by Gasteiger charge is 2.35. The lowest BCUT2D eigenvalue weighted by Gasteiger charge is -2.27. The summed E-state index contributed by atoms with van der Waals surface area (Å²) in [6, 6.07) is 1.49. The third-order valence-electron chi connectivity index (χ3n) is 5.31. The summed E-state index contributed by atoms with van der Waals surface area (Å²) in [5.74, 6) is 0.871. The molecule has 1 aromatic rings. The molecule has 1 unspecified atom stereocenters. The van der Waals surface area contributed by atoms with Crippen LogP contribution in [0.15, 0.2) is 22.7 Å². The van der Waals surface area contributed by atoms with Gasteiger partial charge in [-0.3, -0.25) is 9.59 Å². The number of carbonyl (C=O) groups excluding carboxylic acids is 2. The normalized spacial score (nSPS) is 25.5. The molecular weight excluding hydrogens is 334 g/mol. The van der Waals surface area contributed by atoms with E-state index in [0.717, 1.165) is 25.7 Å². The Labute approximate surface area is 153 Å². The number of carbonyl (C=O) groups is 2. The van der Waals surface area contributed by atoms with Gasteiger partial charge in [0.15, 0.2) is 11.5 Å². The van der Waals surface area contributed by atoms with E-state index >= 15 is 0 Å². The summed E-state index contributed by atoms with van der Waals surface area (Å²) in [5.41, 5.74) is 0.239. The molecule has 142 valence electrons. The lowest BCUT2D eigenvalue weighted by Crippen LogP contribution is -2.45. The number of nitrogens with zero attached hydrogens (tertiary/aromatic N) is 2. The van der Waals surface area contributed by atoms with Gasteiger partial charge in [0.2, 0.25) is 5.91 Å². The number of allylic oxidation sites excluding steroid dienone is 2. The summed E-state index contributed by atoms with van der Waals surface area (Å²) in [4.78, 5) is 26.9. The fourth-order valence-corrected chi connectivity index (χ4v) is 3.76. The second-order valence-electron chi connectivity index (χ2n) is 7.16. The number of nitrogens with one attached hydrogen (secondary N) is 1. The molecule has 2 heterocycles. The van der Waals surface area contributed by atoms with Gasteiger partial charge in [-0.2, -0.15) is 0 Å². The Morgan fingerprint density at radius 3 is 2.96 bits per heavy atom. The average Bonchev–Trinajstić information content (AvgIpc) is 3.24. The zero-order valence-electron chi connectivity index (χ0n) is 15.4. The Kier molecular flexibility index (Phi) is 6.08. The number of methoxy groups -OCH3 is 1. The van der Waals surface area contributed by atoms with Crippen molar-refractivity contribution in [2.45, 2.75) is 57.7 Å². The Bertz CT molecular complexity index is 669. The molecule has 0 aromatic carbocycles. The molecule has 7 nitrogen and oxygen atoms in total. The number of likely N-dealkylation sites (tertiary alicyclic amines) is 1. The van der Waals surface area contributed by atoms with Crippen molar-refractivity contribution in [2.24, 2.45) is 5.92 Å². The molecule has 1 aliphatic carbocycles. The topological polar surface area (TPSA) is 84.7 Å². The molecule has 0 bridgehead atoms. The van der Waals surface area contributed by atoms with Gasteiger partial charge < -0.3 is 19.5 Å². The van der Waals surface area contributed by atoms with E-state index in [0.29, 0.717) is 24.6 Å². The number of ether oxygens (including phenoxy) is 1. The van der Waals surface area contributed by atoms with Gasteiger partial charge >= 0.3 is 0 Å². The number of rotatable bonds is 6. The van der Waals surface area contributed by atoms with Crippen molar-refractivity contribution < 1.29 is 18.8 Å². The first-order valence-electron chi connectivity index (χ1n) is 9.28. The summed E-state index contributed by atoms with van der Waals surface area (Å²) in [5, 5.41) is 6.76. The SMILES string of the molecule is COCc1cc(C(=O)N[C@@H]2CCN(C(=O)CC3CC=CCC3)[C@H]2C)no1. The maximum absolute atomic E-state index is 12.6. The van der Waals surface area contributed by atoms with Crippen molar-refractivity contribution in [1.82, 2.24) is 15.4 Å². The number of hydrogen-bond acceptors (Lipinski definition) is 5. The molecule has 3 atom stereocenters. The van der Waals surface area contributed by atoms with Crippen LogP contribution in [0.4, 0.5) is 0 Å². The Morgan fingerprint density at radius 1 is 1.38 bits per heavy atom. The molecule has 26 heavy (non-hydrogen) atoms. The largest absolute Gasteiger partial charge is 0.377 e. The fraction of sp³-hybridized carbons (Fsp3) is 0.632. The van der Waals surface area contributed by atoms with Crippen molar-refractivity contribution >= 4 is 11.8 Å². The van der Waals surface area contributed by atoms with Gasteiger partial charge in [-0.25, -0.2) is 0 Å². The Hall–Kier alpha value is -2.15. The molecule has 1 fully saturated rings. The fourth-order valence-electron chi connectivity index (χ4n) is 3.76. The van der Waals surface area contributed by atoms with Crippen molar-refractivity contribution in [3.63, 3.8) is 0 Å². The molecule has 1 N–H and O–H groups in total. The van der Waals surface area contributed by atoms with Crippen LogP contribution in [0.5, 0.6) is 0 Å². The van der Waals surface area contributed by atoms with Gasteiger partial charge in [0.1, 0.15) is 6.61 Å². The van der Waals surface area contributed by atoms with Crippen LogP contribution in [0.2, 0.25) is 0 Å². The smallest absolute Gasteiger partial charge is 0.273 e. The van der Waals surface area contributed by atoms with E-state index in [2.05, 4.69) is 22.6 Å². The summed E-state index contributed by atoms with van der Waals surface area (Å²) >= 11 is 0. The van der Waals surface area contributed by atoms with Crippen LogP contribution in [-0.4, -0.2) is 47.6 Å². The predicted octanol–water partition coefficient (Wildman–Crippen LogP) is 2.29. The molecule has 1 saturated heterocycles. The highest BCUT2D eigenvalue weighted by molar-refractivity contribution is 5.92. The van der Waals surface area contributed by atoms with Crippen molar-refractivity contribution in [3.8, 4) is 0 Å². The van der Waals surface area contributed by atoms with Gasteiger partial charge in [-0.1, -0.05) is 17.3 Å². The lowest BCUT2D eigenvalue weighted by molar-refractivity contribution is -0.132. The molecule has 0 saturated carbocycles. The van der Waals surface area contributed by atoms with Gasteiger partial charge in [0, 0.05) is 32.2 Å². The van der Waals surface area contributed by atoms with Crippen molar-refractivity contribution in [2.75, 3.05) is 13.7 Å². The first-order chi connectivity index (χ1) is 12.6. The van der Waals surface area contributed by atoms with E-state index in [1.54, 1.807) is 13.2 Å². The second kappa shape index (κ2) is 8.49. The molecule has 1 aliphatic heterocycles. The third kappa shape index (κ3) is 4.33. The van der Waals surface area contributed by atoms with E-state index < -0.39 is 0 Å². The maximum Gasteiger partial charge on any atom is 0.273 e. The van der Waals surface area contributed by atoms with Crippen LogP contribution in [-0.2, 0) is 16.1 Å². The highest BCUT2D eigenvalue weighted by Crippen LogP contribution is 2.25. The van der Waals surface area contributed by atoms with Crippen molar-refractivity contribution in [1.29, 1.82) is 0 Å². The first-order valence-corrected chi connectivity index (χ1v) is 9.28. The van der Waals surface area contributed by atoms with E-state index in [1.165, 1.54) is 0 Å². The van der Waals surface area contributed by atoms with E-state index in [9.17, 15) is 9.59 Å². The van der Waals surface area contributed by atoms with Gasteiger partial charge in [-0.15, -0.1) is 0 Å². The van der Waals surface area contributed by atoms with Crippen LogP contribution in [0.1, 0.15) is 55.3 Å². The van der Waals surface area contributed by atoms with Crippen molar-refractivity contribution in [3.05, 3.63) is 29.7 Å². The van der Waals surface area contributed by atoms with Gasteiger partial charge in [0.25, 0.3) is 5.91 Å². The maximum atomic E-state index is 12.6. The molecule has 0 spiro atoms. The van der Waals surface area contributed by atoms with Crippen LogP contribution < -0.4 is 5.32 Å². The molecule has 1 aromatic heterocycles. The molecule has 3 rings (SSSR count). The van der Waals surface area contributed by atoms with Crippen LogP contribution in [0, 0.1) is 5.92 Å². The minimum atomic E-state index is -0.278. The molecule has 2 amide bonds. The molecular formula is C19H27N3O4. The van der Waals surface area contributed by atoms with Crippen LogP contribution >= 0.6 is 0 Å². The second-order valence-corrected chi connectivity index (χ2v) is 7.16. The minimum Gasteiger partial charge on any atom is -0.377 e. The third-order valence-corrected chi connectivity index (χ3v) is 5.31. The monoisotopic (exact) mass is 361 g/mol. The zero-order valence-corrected chi connectivity index (χ0v) is 15.4. The summed E-state index contributed by atoms with van der Waals surface area (Å²) in [7, 11) is 1.55. The van der Waals surface area contributed by atoms with E-state index in [4.69, 9.17) is 9.26 Å². The molecule has 7 heteroatoms. The van der Waals surface area contributed by atoms with E-state index in [-0.39, 0.29) is 36.2 Å².